The van der Waals surface area contributed by atoms with Gasteiger partial charge in [-0.3, -0.25) is 0 Å². The quantitative estimate of drug-likeness (QED) is 0.729. The van der Waals surface area contributed by atoms with Gasteiger partial charge in [0.15, 0.2) is 0 Å². The number of aryl methyl sites for hydroxylation is 1. The maximum Gasteiger partial charge on any atom is 0.130 e. The predicted molar refractivity (Wildman–Crippen MR) is 57.5 cm³/mol. The van der Waals surface area contributed by atoms with Gasteiger partial charge in [-0.1, -0.05) is 18.3 Å². The topological polar surface area (TPSA) is 28.7 Å². The molecule has 2 nitrogen and oxygen atoms in total. The Labute approximate surface area is 85.3 Å². The first kappa shape index (κ1) is 8.59. The van der Waals surface area contributed by atoms with E-state index in [1.54, 1.807) is 11.3 Å². The molecule has 0 atom stereocenters. The highest BCUT2D eigenvalue weighted by Crippen LogP contribution is 2.22. The van der Waals surface area contributed by atoms with E-state index in [0.717, 1.165) is 11.5 Å². The van der Waals surface area contributed by atoms with Crippen molar-refractivity contribution in [2.45, 2.75) is 6.92 Å². The normalized spacial score (nSPS) is 10.2. The van der Waals surface area contributed by atoms with E-state index in [0.29, 0.717) is 4.64 Å². The van der Waals surface area contributed by atoms with Crippen molar-refractivity contribution in [1.82, 2.24) is 9.97 Å². The van der Waals surface area contributed by atoms with Crippen LogP contribution in [0.5, 0.6) is 0 Å². The van der Waals surface area contributed by atoms with Gasteiger partial charge in [-0.15, -0.1) is 11.3 Å². The minimum absolute atomic E-state index is 0.639. The van der Waals surface area contributed by atoms with Gasteiger partial charge in [-0.05, 0) is 24.4 Å². The van der Waals surface area contributed by atoms with Crippen LogP contribution >= 0.6 is 23.6 Å². The summed E-state index contributed by atoms with van der Waals surface area (Å²) in [5.74, 6) is 0.857. The highest BCUT2D eigenvalue weighted by atomic mass is 32.1. The molecule has 0 aromatic carbocycles. The number of aromatic nitrogens is 2. The van der Waals surface area contributed by atoms with Crippen molar-refractivity contribution in [2.24, 2.45) is 0 Å². The van der Waals surface area contributed by atoms with Crippen LogP contribution in [0.15, 0.2) is 23.6 Å². The van der Waals surface area contributed by atoms with E-state index < -0.39 is 0 Å². The summed E-state index contributed by atoms with van der Waals surface area (Å²) in [5.41, 5.74) is 1.05. The fourth-order valence-corrected chi connectivity index (χ4v) is 2.10. The number of thiophene rings is 1. The van der Waals surface area contributed by atoms with Crippen molar-refractivity contribution in [2.75, 3.05) is 0 Å². The second kappa shape index (κ2) is 3.40. The van der Waals surface area contributed by atoms with Crippen LogP contribution in [0.4, 0.5) is 0 Å². The summed E-state index contributed by atoms with van der Waals surface area (Å²) in [6, 6.07) is 5.96. The third-order valence-corrected chi connectivity index (χ3v) is 2.76. The van der Waals surface area contributed by atoms with Crippen LogP contribution in [0.25, 0.3) is 10.6 Å². The molecule has 2 rings (SSSR count). The van der Waals surface area contributed by atoms with E-state index >= 15 is 0 Å². The lowest BCUT2D eigenvalue weighted by molar-refractivity contribution is 1.05. The molecule has 4 heteroatoms. The van der Waals surface area contributed by atoms with Crippen LogP contribution in [0, 0.1) is 11.6 Å². The lowest BCUT2D eigenvalue weighted by Gasteiger charge is -1.99. The number of nitrogens with zero attached hydrogens (tertiary/aromatic N) is 1. The Bertz CT molecular complexity index is 457. The molecule has 2 aromatic heterocycles. The second-order valence-electron chi connectivity index (χ2n) is 2.70. The molecule has 1 N–H and O–H groups in total. The van der Waals surface area contributed by atoms with Crippen molar-refractivity contribution >= 4 is 23.6 Å². The Balaban J connectivity index is 2.59. The third-order valence-electron chi connectivity index (χ3n) is 1.65. The Morgan fingerprint density at radius 2 is 2.38 bits per heavy atom. The molecule has 0 aliphatic heterocycles. The molecule has 0 spiro atoms. The van der Waals surface area contributed by atoms with Crippen molar-refractivity contribution in [3.8, 4) is 10.6 Å². The average Bonchev–Trinajstić information content (AvgIpc) is 2.53. The molecule has 0 bridgehead atoms. The standard InChI is InChI=1S/C9H8N2S2/c1-6-10-7(5-9(12)11-6)8-3-2-4-13-8/h2-5H,1H3,(H,10,11,12). The highest BCUT2D eigenvalue weighted by molar-refractivity contribution is 7.71. The highest BCUT2D eigenvalue weighted by Gasteiger charge is 1.99. The Morgan fingerprint density at radius 1 is 1.54 bits per heavy atom. The third kappa shape index (κ3) is 1.84. The van der Waals surface area contributed by atoms with E-state index in [-0.39, 0.29) is 0 Å². The number of rotatable bonds is 1. The van der Waals surface area contributed by atoms with Gasteiger partial charge in [0.1, 0.15) is 10.5 Å². The van der Waals surface area contributed by atoms with Crippen LogP contribution in [-0.2, 0) is 0 Å². The monoisotopic (exact) mass is 208 g/mol. The maximum atomic E-state index is 5.03. The lowest BCUT2D eigenvalue weighted by atomic mass is 10.3. The fourth-order valence-electron chi connectivity index (χ4n) is 1.14. The average molecular weight is 208 g/mol. The molecule has 0 aliphatic rings. The molecule has 0 fully saturated rings. The summed E-state index contributed by atoms with van der Waals surface area (Å²) in [7, 11) is 0. The molecular formula is C9H8N2S2. The maximum absolute atomic E-state index is 5.03. The zero-order chi connectivity index (χ0) is 9.26. The minimum Gasteiger partial charge on any atom is -0.343 e. The Kier molecular flexibility index (Phi) is 2.24. The summed E-state index contributed by atoms with van der Waals surface area (Å²) >= 11 is 6.72. The van der Waals surface area contributed by atoms with Crippen molar-refractivity contribution < 1.29 is 0 Å². The van der Waals surface area contributed by atoms with Crippen LogP contribution in [0.1, 0.15) is 5.82 Å². The van der Waals surface area contributed by atoms with Gasteiger partial charge >= 0.3 is 0 Å². The van der Waals surface area contributed by atoms with E-state index in [9.17, 15) is 0 Å². The Morgan fingerprint density at radius 3 is 3.00 bits per heavy atom. The Hall–Kier alpha value is -1.00. The first-order valence-corrected chi connectivity index (χ1v) is 5.16. The molecule has 13 heavy (non-hydrogen) atoms. The smallest absolute Gasteiger partial charge is 0.130 e. The summed E-state index contributed by atoms with van der Waals surface area (Å²) in [4.78, 5) is 8.48. The molecular weight excluding hydrogens is 200 g/mol. The molecule has 0 aliphatic carbocycles. The molecule has 2 aromatic rings. The van der Waals surface area contributed by atoms with Crippen LogP contribution < -0.4 is 0 Å². The summed E-state index contributed by atoms with van der Waals surface area (Å²) in [6.45, 7) is 1.91. The second-order valence-corrected chi connectivity index (χ2v) is 4.06. The number of aromatic amines is 1. The van der Waals surface area contributed by atoms with Gasteiger partial charge in [-0.25, -0.2) is 4.98 Å². The zero-order valence-corrected chi connectivity index (χ0v) is 8.71. The van der Waals surface area contributed by atoms with E-state index in [1.807, 2.05) is 24.4 Å². The van der Waals surface area contributed by atoms with Gasteiger partial charge in [0.05, 0.1) is 10.6 Å². The zero-order valence-electron chi connectivity index (χ0n) is 7.07. The molecule has 0 saturated heterocycles. The predicted octanol–water partition coefficient (Wildman–Crippen LogP) is 3.18. The number of H-pyrrole nitrogens is 1. The fraction of sp³-hybridized carbons (Fsp3) is 0.111. The lowest BCUT2D eigenvalue weighted by Crippen LogP contribution is -1.89. The largest absolute Gasteiger partial charge is 0.343 e. The molecule has 66 valence electrons. The van der Waals surface area contributed by atoms with Crippen molar-refractivity contribution in [1.29, 1.82) is 0 Å². The number of hydrogen-bond acceptors (Lipinski definition) is 3. The molecule has 0 radical (unpaired) electrons. The first-order chi connectivity index (χ1) is 6.25. The van der Waals surface area contributed by atoms with Crippen LogP contribution in [-0.4, -0.2) is 9.97 Å². The summed E-state index contributed by atoms with van der Waals surface area (Å²) < 4.78 is 0.639. The minimum atomic E-state index is 0.639. The van der Waals surface area contributed by atoms with Gasteiger partial charge in [0, 0.05) is 0 Å². The van der Waals surface area contributed by atoms with Gasteiger partial charge < -0.3 is 4.98 Å². The molecule has 0 saturated carbocycles. The molecule has 0 unspecified atom stereocenters. The molecule has 0 amide bonds. The SMILES string of the molecule is Cc1nc(=S)cc(-c2cccs2)[nH]1. The molecule has 2 heterocycles. The number of nitrogens with one attached hydrogen (secondary N) is 1. The van der Waals surface area contributed by atoms with E-state index in [2.05, 4.69) is 16.0 Å². The van der Waals surface area contributed by atoms with Crippen LogP contribution in [0.3, 0.4) is 0 Å². The first-order valence-electron chi connectivity index (χ1n) is 3.87. The summed E-state index contributed by atoms with van der Waals surface area (Å²) in [5, 5.41) is 2.04. The van der Waals surface area contributed by atoms with Crippen LogP contribution in [0.2, 0.25) is 0 Å². The van der Waals surface area contributed by atoms with Crippen molar-refractivity contribution in [3.05, 3.63) is 34.0 Å². The van der Waals surface area contributed by atoms with Gasteiger partial charge in [-0.2, -0.15) is 0 Å². The summed E-state index contributed by atoms with van der Waals surface area (Å²) in [6.07, 6.45) is 0. The number of hydrogen-bond donors (Lipinski definition) is 1. The van der Waals surface area contributed by atoms with E-state index in [4.69, 9.17) is 12.2 Å². The van der Waals surface area contributed by atoms with E-state index in [1.165, 1.54) is 4.88 Å². The van der Waals surface area contributed by atoms with Crippen molar-refractivity contribution in [3.63, 3.8) is 0 Å². The van der Waals surface area contributed by atoms with Gasteiger partial charge in [0.25, 0.3) is 0 Å². The van der Waals surface area contributed by atoms with Gasteiger partial charge in [0.2, 0.25) is 0 Å².